The van der Waals surface area contributed by atoms with E-state index in [9.17, 15) is 4.79 Å². The summed E-state index contributed by atoms with van der Waals surface area (Å²) in [6.45, 7) is 2.19. The molecule has 3 unspecified atom stereocenters. The molecule has 2 bridgehead atoms. The van der Waals surface area contributed by atoms with Crippen molar-refractivity contribution in [2.24, 2.45) is 17.3 Å². The molecule has 0 heterocycles. The number of ketones is 1. The summed E-state index contributed by atoms with van der Waals surface area (Å²) in [6, 6.07) is 5.34. The van der Waals surface area contributed by atoms with Crippen molar-refractivity contribution in [2.75, 3.05) is 0 Å². The van der Waals surface area contributed by atoms with E-state index in [0.29, 0.717) is 21.7 Å². The summed E-state index contributed by atoms with van der Waals surface area (Å²) in [7, 11) is 0. The van der Waals surface area contributed by atoms with Crippen LogP contribution in [0.15, 0.2) is 18.2 Å². The van der Waals surface area contributed by atoms with Gasteiger partial charge in [-0.05, 0) is 62.1 Å². The van der Waals surface area contributed by atoms with E-state index in [2.05, 4.69) is 6.92 Å². The van der Waals surface area contributed by atoms with E-state index in [4.69, 9.17) is 23.2 Å². The molecule has 0 radical (unpaired) electrons. The first-order valence-corrected chi connectivity index (χ1v) is 8.82. The molecule has 0 aromatic heterocycles. The van der Waals surface area contributed by atoms with E-state index in [1.807, 2.05) is 6.07 Å². The number of rotatable bonds is 4. The van der Waals surface area contributed by atoms with E-state index >= 15 is 0 Å². The average molecular weight is 325 g/mol. The molecule has 3 atom stereocenters. The fourth-order valence-corrected chi connectivity index (χ4v) is 4.92. The van der Waals surface area contributed by atoms with Crippen molar-refractivity contribution in [3.05, 3.63) is 33.8 Å². The number of halogens is 2. The summed E-state index contributed by atoms with van der Waals surface area (Å²) in [5.74, 6) is 1.73. The number of carbonyl (C=O) groups is 1. The van der Waals surface area contributed by atoms with Crippen LogP contribution in [0.3, 0.4) is 0 Å². The molecule has 0 amide bonds. The molecule has 3 rings (SSSR count). The maximum atomic E-state index is 13.3. The predicted molar refractivity (Wildman–Crippen MR) is 88.2 cm³/mol. The molecule has 114 valence electrons. The molecule has 0 spiro atoms. The smallest absolute Gasteiger partial charge is 0.169 e. The molecule has 21 heavy (non-hydrogen) atoms. The Morgan fingerprint density at radius 3 is 2.76 bits per heavy atom. The number of carbonyl (C=O) groups excluding carboxylic acids is 1. The van der Waals surface area contributed by atoms with Gasteiger partial charge in [0.1, 0.15) is 0 Å². The Labute approximate surface area is 137 Å². The molecule has 1 nitrogen and oxygen atoms in total. The Balaban J connectivity index is 1.96. The Hall–Kier alpha value is -0.530. The average Bonchev–Trinajstić information content (AvgIpc) is 2.89. The van der Waals surface area contributed by atoms with Crippen molar-refractivity contribution in [3.8, 4) is 0 Å². The highest BCUT2D eigenvalue weighted by molar-refractivity contribution is 6.42. The van der Waals surface area contributed by atoms with Crippen LogP contribution < -0.4 is 0 Å². The fraction of sp³-hybridized carbons (Fsp3) is 0.611. The Bertz CT molecular complexity index is 554. The maximum absolute atomic E-state index is 13.3. The van der Waals surface area contributed by atoms with Crippen LogP contribution >= 0.6 is 23.2 Å². The van der Waals surface area contributed by atoms with Crippen LogP contribution in [0.2, 0.25) is 10.0 Å². The van der Waals surface area contributed by atoms with Gasteiger partial charge in [0.15, 0.2) is 5.78 Å². The highest BCUT2D eigenvalue weighted by Crippen LogP contribution is 2.55. The standard InChI is InChI=1S/C18H22Cl2O/c1-2-8-18(9-7-12-3-5-14(18)10-12)17(21)13-4-6-15(19)16(20)11-13/h4,6,11-12,14H,2-3,5,7-10H2,1H3. The molecule has 3 heteroatoms. The lowest BCUT2D eigenvalue weighted by Crippen LogP contribution is -2.40. The highest BCUT2D eigenvalue weighted by atomic mass is 35.5. The van der Waals surface area contributed by atoms with Gasteiger partial charge < -0.3 is 0 Å². The Morgan fingerprint density at radius 2 is 2.05 bits per heavy atom. The van der Waals surface area contributed by atoms with Crippen molar-refractivity contribution in [2.45, 2.75) is 51.9 Å². The minimum absolute atomic E-state index is 0.154. The lowest BCUT2D eigenvalue weighted by Gasteiger charge is -2.41. The van der Waals surface area contributed by atoms with Crippen molar-refractivity contribution >= 4 is 29.0 Å². The first-order valence-electron chi connectivity index (χ1n) is 8.06. The quantitative estimate of drug-likeness (QED) is 0.605. The fourth-order valence-electron chi connectivity index (χ4n) is 4.62. The lowest BCUT2D eigenvalue weighted by molar-refractivity contribution is 0.0516. The first-order chi connectivity index (χ1) is 10.1. The molecule has 2 aliphatic carbocycles. The van der Waals surface area contributed by atoms with Gasteiger partial charge in [0.05, 0.1) is 10.0 Å². The van der Waals surface area contributed by atoms with Crippen molar-refractivity contribution in [3.63, 3.8) is 0 Å². The largest absolute Gasteiger partial charge is 0.294 e. The van der Waals surface area contributed by atoms with Gasteiger partial charge in [0.25, 0.3) is 0 Å². The highest BCUT2D eigenvalue weighted by Gasteiger charge is 2.50. The monoisotopic (exact) mass is 324 g/mol. The van der Waals surface area contributed by atoms with Crippen LogP contribution in [0, 0.1) is 17.3 Å². The summed E-state index contributed by atoms with van der Waals surface area (Å²) in [6.07, 6.45) is 8.10. The van der Waals surface area contributed by atoms with E-state index < -0.39 is 0 Å². The molecular weight excluding hydrogens is 303 g/mol. The third-order valence-corrected chi connectivity index (χ3v) is 6.39. The lowest BCUT2D eigenvalue weighted by atomic mass is 9.61. The van der Waals surface area contributed by atoms with Gasteiger partial charge >= 0.3 is 0 Å². The minimum atomic E-state index is -0.154. The minimum Gasteiger partial charge on any atom is -0.294 e. The van der Waals surface area contributed by atoms with Crippen LogP contribution in [-0.4, -0.2) is 5.78 Å². The van der Waals surface area contributed by atoms with Crippen molar-refractivity contribution in [1.29, 1.82) is 0 Å². The number of fused-ring (bicyclic) bond motifs is 2. The molecule has 2 fully saturated rings. The second-order valence-corrected chi connectivity index (χ2v) is 7.59. The zero-order valence-corrected chi connectivity index (χ0v) is 14.0. The molecular formula is C18H22Cl2O. The summed E-state index contributed by atoms with van der Waals surface area (Å²) < 4.78 is 0. The van der Waals surface area contributed by atoms with Gasteiger partial charge in [-0.25, -0.2) is 0 Å². The third-order valence-electron chi connectivity index (χ3n) is 5.65. The third kappa shape index (κ3) is 2.64. The topological polar surface area (TPSA) is 17.1 Å². The second-order valence-electron chi connectivity index (χ2n) is 6.78. The van der Waals surface area contributed by atoms with E-state index in [-0.39, 0.29) is 5.41 Å². The molecule has 0 aliphatic heterocycles. The van der Waals surface area contributed by atoms with Crippen molar-refractivity contribution < 1.29 is 4.79 Å². The van der Waals surface area contributed by atoms with Crippen LogP contribution in [0.5, 0.6) is 0 Å². The summed E-state index contributed by atoms with van der Waals surface area (Å²) in [4.78, 5) is 13.3. The zero-order chi connectivity index (χ0) is 15.0. The van der Waals surface area contributed by atoms with Gasteiger partial charge in [-0.15, -0.1) is 0 Å². The molecule has 1 aromatic rings. The van der Waals surface area contributed by atoms with Gasteiger partial charge in [-0.1, -0.05) is 43.0 Å². The molecule has 2 aliphatic rings. The number of benzene rings is 1. The number of Topliss-reactive ketones (excluding diaryl/α,β-unsaturated/α-hetero) is 1. The summed E-state index contributed by atoms with van der Waals surface area (Å²) >= 11 is 12.1. The van der Waals surface area contributed by atoms with Crippen LogP contribution in [0.4, 0.5) is 0 Å². The molecule has 0 saturated heterocycles. The Kier molecular flexibility index (Phi) is 4.34. The van der Waals surface area contributed by atoms with Gasteiger partial charge in [-0.3, -0.25) is 4.79 Å². The van der Waals surface area contributed by atoms with Gasteiger partial charge in [0, 0.05) is 11.0 Å². The number of hydrogen-bond acceptors (Lipinski definition) is 1. The van der Waals surface area contributed by atoms with E-state index in [0.717, 1.165) is 30.7 Å². The SMILES string of the molecule is CCCC1(C(=O)c2ccc(Cl)c(Cl)c2)CCC2CCC1C2. The normalized spacial score (nSPS) is 31.4. The van der Waals surface area contributed by atoms with Crippen molar-refractivity contribution in [1.82, 2.24) is 0 Å². The van der Waals surface area contributed by atoms with Crippen LogP contribution in [0.25, 0.3) is 0 Å². The molecule has 1 aromatic carbocycles. The summed E-state index contributed by atoms with van der Waals surface area (Å²) in [5, 5.41) is 0.997. The molecule has 0 N–H and O–H groups in total. The van der Waals surface area contributed by atoms with Gasteiger partial charge in [-0.2, -0.15) is 0 Å². The second kappa shape index (κ2) is 5.93. The molecule has 2 saturated carbocycles. The first kappa shape index (κ1) is 15.4. The predicted octanol–water partition coefficient (Wildman–Crippen LogP) is 6.17. The van der Waals surface area contributed by atoms with Crippen LogP contribution in [0.1, 0.15) is 62.2 Å². The van der Waals surface area contributed by atoms with E-state index in [1.165, 1.54) is 25.7 Å². The Morgan fingerprint density at radius 1 is 1.24 bits per heavy atom. The summed E-state index contributed by atoms with van der Waals surface area (Å²) in [5.41, 5.74) is 0.585. The van der Waals surface area contributed by atoms with Crippen LogP contribution in [-0.2, 0) is 0 Å². The van der Waals surface area contributed by atoms with Gasteiger partial charge in [0.2, 0.25) is 0 Å². The van der Waals surface area contributed by atoms with E-state index in [1.54, 1.807) is 12.1 Å². The number of hydrogen-bond donors (Lipinski definition) is 0. The zero-order valence-electron chi connectivity index (χ0n) is 12.5. The maximum Gasteiger partial charge on any atom is 0.169 e.